The predicted octanol–water partition coefficient (Wildman–Crippen LogP) is 2.01. The van der Waals surface area contributed by atoms with Crippen molar-refractivity contribution in [2.24, 2.45) is 0 Å². The lowest BCUT2D eigenvalue weighted by Gasteiger charge is -2.12. The first kappa shape index (κ1) is 17.0. The number of benzene rings is 1. The second-order valence-electron chi connectivity index (χ2n) is 5.04. The number of nitrogens with zero attached hydrogens (tertiary/aromatic N) is 3. The van der Waals surface area contributed by atoms with Crippen molar-refractivity contribution in [2.45, 2.75) is 0 Å². The summed E-state index contributed by atoms with van der Waals surface area (Å²) >= 11 is 0. The molecule has 3 rings (SSSR count). The van der Waals surface area contributed by atoms with Gasteiger partial charge in [-0.25, -0.2) is 4.98 Å². The molecule has 0 saturated heterocycles. The summed E-state index contributed by atoms with van der Waals surface area (Å²) in [6.07, 6.45) is 4.29. The summed E-state index contributed by atoms with van der Waals surface area (Å²) in [5.41, 5.74) is 11.7. The van der Waals surface area contributed by atoms with Crippen molar-refractivity contribution in [3.8, 4) is 17.4 Å². The quantitative estimate of drug-likeness (QED) is 0.576. The maximum atomic E-state index is 12.0. The van der Waals surface area contributed by atoms with E-state index in [1.807, 2.05) is 0 Å². The molecule has 0 saturated carbocycles. The van der Waals surface area contributed by atoms with Crippen LogP contribution in [0.25, 0.3) is 0 Å². The Morgan fingerprint density at radius 3 is 2.58 bits per heavy atom. The average Bonchev–Trinajstić information content (AvgIpc) is 2.69. The first-order valence-electron chi connectivity index (χ1n) is 7.56. The van der Waals surface area contributed by atoms with E-state index >= 15 is 0 Å². The third kappa shape index (κ3) is 3.96. The van der Waals surface area contributed by atoms with Crippen LogP contribution in [-0.4, -0.2) is 28.0 Å². The number of methoxy groups -OCH3 is 1. The third-order valence-corrected chi connectivity index (χ3v) is 3.34. The van der Waals surface area contributed by atoms with E-state index in [-0.39, 0.29) is 23.3 Å². The van der Waals surface area contributed by atoms with Crippen molar-refractivity contribution in [3.63, 3.8) is 0 Å². The highest BCUT2D eigenvalue weighted by Gasteiger charge is 2.12. The van der Waals surface area contributed by atoms with Gasteiger partial charge in [0.1, 0.15) is 23.5 Å². The van der Waals surface area contributed by atoms with Crippen molar-refractivity contribution < 1.29 is 14.3 Å². The molecular weight excluding hydrogens is 336 g/mol. The van der Waals surface area contributed by atoms with Crippen molar-refractivity contribution in [1.82, 2.24) is 20.4 Å². The number of nitrogen functional groups attached to an aromatic ring is 1. The summed E-state index contributed by atoms with van der Waals surface area (Å²) in [7, 11) is 1.58. The second-order valence-corrected chi connectivity index (χ2v) is 5.04. The first-order valence-corrected chi connectivity index (χ1v) is 7.56. The Morgan fingerprint density at radius 1 is 1.12 bits per heavy atom. The van der Waals surface area contributed by atoms with Gasteiger partial charge in [0, 0.05) is 12.4 Å². The van der Waals surface area contributed by atoms with E-state index in [2.05, 4.69) is 25.8 Å². The molecule has 0 spiro atoms. The van der Waals surface area contributed by atoms with Crippen LogP contribution in [0.3, 0.4) is 0 Å². The molecular formula is C17H16N6O3. The van der Waals surface area contributed by atoms with Crippen LogP contribution in [0, 0.1) is 0 Å². The van der Waals surface area contributed by atoms with Crippen LogP contribution in [0.4, 0.5) is 11.5 Å². The standard InChI is InChI=1S/C17H16N6O3/c1-25-12-4-6-13(7-5-12)26-17-14(18)15(20-10-21-17)22-23-16(24)11-3-2-8-19-9-11/h2-10H,18H2,1H3,(H,23,24)(H,20,21,22). The summed E-state index contributed by atoms with van der Waals surface area (Å²) in [6, 6.07) is 10.2. The van der Waals surface area contributed by atoms with E-state index < -0.39 is 0 Å². The number of carbonyl (C=O) groups excluding carboxylic acids is 1. The van der Waals surface area contributed by atoms with Gasteiger partial charge in [0.2, 0.25) is 5.88 Å². The zero-order valence-corrected chi connectivity index (χ0v) is 13.8. The van der Waals surface area contributed by atoms with Crippen LogP contribution in [0.5, 0.6) is 17.4 Å². The number of ether oxygens (including phenoxy) is 2. The van der Waals surface area contributed by atoms with Gasteiger partial charge in [-0.05, 0) is 36.4 Å². The molecule has 4 N–H and O–H groups in total. The molecule has 0 radical (unpaired) electrons. The van der Waals surface area contributed by atoms with Crippen LogP contribution in [-0.2, 0) is 0 Å². The summed E-state index contributed by atoms with van der Waals surface area (Å²) in [5.74, 6) is 1.22. The molecule has 9 heteroatoms. The van der Waals surface area contributed by atoms with Gasteiger partial charge >= 0.3 is 0 Å². The molecule has 0 unspecified atom stereocenters. The van der Waals surface area contributed by atoms with Gasteiger partial charge in [-0.3, -0.25) is 20.6 Å². The number of carbonyl (C=O) groups is 1. The van der Waals surface area contributed by atoms with E-state index in [1.165, 1.54) is 12.5 Å². The van der Waals surface area contributed by atoms with Gasteiger partial charge in [0.15, 0.2) is 5.82 Å². The lowest BCUT2D eigenvalue weighted by Crippen LogP contribution is -2.30. The van der Waals surface area contributed by atoms with Gasteiger partial charge in [-0.1, -0.05) is 0 Å². The van der Waals surface area contributed by atoms with Crippen LogP contribution < -0.4 is 26.1 Å². The van der Waals surface area contributed by atoms with Crippen molar-refractivity contribution in [3.05, 3.63) is 60.7 Å². The number of hydrazine groups is 1. The average molecular weight is 352 g/mol. The Balaban J connectivity index is 1.69. The van der Waals surface area contributed by atoms with E-state index in [4.69, 9.17) is 15.2 Å². The number of amides is 1. The topological polar surface area (TPSA) is 124 Å². The van der Waals surface area contributed by atoms with Gasteiger partial charge < -0.3 is 15.2 Å². The molecule has 3 aromatic rings. The Kier molecular flexibility index (Phi) is 5.08. The number of nitrogens with two attached hydrogens (primary N) is 1. The molecule has 1 amide bonds. The lowest BCUT2D eigenvalue weighted by molar-refractivity contribution is 0.0962. The van der Waals surface area contributed by atoms with Crippen molar-refractivity contribution in [2.75, 3.05) is 18.3 Å². The molecule has 0 aliphatic rings. The monoisotopic (exact) mass is 352 g/mol. The van der Waals surface area contributed by atoms with Gasteiger partial charge in [-0.2, -0.15) is 4.98 Å². The Morgan fingerprint density at radius 2 is 1.88 bits per heavy atom. The normalized spacial score (nSPS) is 10.0. The van der Waals surface area contributed by atoms with Crippen molar-refractivity contribution in [1.29, 1.82) is 0 Å². The van der Waals surface area contributed by atoms with Gasteiger partial charge in [0.25, 0.3) is 5.91 Å². The molecule has 0 aliphatic carbocycles. The molecule has 9 nitrogen and oxygen atoms in total. The number of nitrogens with one attached hydrogen (secondary N) is 2. The molecule has 2 heterocycles. The van der Waals surface area contributed by atoms with E-state index in [0.717, 1.165) is 0 Å². The fourth-order valence-electron chi connectivity index (χ4n) is 2.00. The largest absolute Gasteiger partial charge is 0.497 e. The maximum absolute atomic E-state index is 12.0. The second kappa shape index (κ2) is 7.79. The highest BCUT2D eigenvalue weighted by atomic mass is 16.5. The zero-order valence-electron chi connectivity index (χ0n) is 13.8. The number of pyridine rings is 1. The number of rotatable bonds is 6. The number of hydrogen-bond acceptors (Lipinski definition) is 8. The molecule has 26 heavy (non-hydrogen) atoms. The number of anilines is 2. The van der Waals surface area contributed by atoms with Crippen LogP contribution >= 0.6 is 0 Å². The maximum Gasteiger partial charge on any atom is 0.271 e. The minimum atomic E-state index is -0.381. The SMILES string of the molecule is COc1ccc(Oc2ncnc(NNC(=O)c3cccnc3)c2N)cc1. The van der Waals surface area contributed by atoms with Crippen molar-refractivity contribution >= 4 is 17.4 Å². The fraction of sp³-hybridized carbons (Fsp3) is 0.0588. The first-order chi connectivity index (χ1) is 12.7. The van der Waals surface area contributed by atoms with Crippen LogP contribution in [0.15, 0.2) is 55.1 Å². The fourth-order valence-corrected chi connectivity index (χ4v) is 2.00. The molecule has 132 valence electrons. The zero-order chi connectivity index (χ0) is 18.4. The summed E-state index contributed by atoms with van der Waals surface area (Å²) < 4.78 is 10.7. The van der Waals surface area contributed by atoms with Gasteiger partial charge in [-0.15, -0.1) is 0 Å². The molecule has 1 aromatic carbocycles. The summed E-state index contributed by atoms with van der Waals surface area (Å²) in [4.78, 5) is 23.9. The van der Waals surface area contributed by atoms with Crippen LogP contribution in [0.2, 0.25) is 0 Å². The number of hydrogen-bond donors (Lipinski definition) is 3. The molecule has 0 bridgehead atoms. The smallest absolute Gasteiger partial charge is 0.271 e. The Labute approximate surface area is 149 Å². The predicted molar refractivity (Wildman–Crippen MR) is 94.8 cm³/mol. The summed E-state index contributed by atoms with van der Waals surface area (Å²) in [5, 5.41) is 0. The third-order valence-electron chi connectivity index (χ3n) is 3.34. The Bertz CT molecular complexity index is 887. The molecule has 0 fully saturated rings. The Hall–Kier alpha value is -3.88. The van der Waals surface area contributed by atoms with E-state index in [1.54, 1.807) is 49.7 Å². The highest BCUT2D eigenvalue weighted by molar-refractivity contribution is 5.94. The summed E-state index contributed by atoms with van der Waals surface area (Å²) in [6.45, 7) is 0. The van der Waals surface area contributed by atoms with Gasteiger partial charge in [0.05, 0.1) is 12.7 Å². The highest BCUT2D eigenvalue weighted by Crippen LogP contribution is 2.29. The lowest BCUT2D eigenvalue weighted by atomic mass is 10.3. The molecule has 2 aromatic heterocycles. The molecule has 0 atom stereocenters. The number of aromatic nitrogens is 3. The van der Waals surface area contributed by atoms with Crippen LogP contribution in [0.1, 0.15) is 10.4 Å². The van der Waals surface area contributed by atoms with E-state index in [9.17, 15) is 4.79 Å². The van der Waals surface area contributed by atoms with E-state index in [0.29, 0.717) is 17.1 Å². The minimum absolute atomic E-state index is 0.148. The minimum Gasteiger partial charge on any atom is -0.497 e. The molecule has 0 aliphatic heterocycles.